The molecule has 1 aromatic carbocycles. The summed E-state index contributed by atoms with van der Waals surface area (Å²) in [7, 11) is 3.46. The lowest BCUT2D eigenvalue weighted by Gasteiger charge is -2.55. The minimum Gasteiger partial charge on any atom is -0.504 e. The lowest BCUT2D eigenvalue weighted by molar-refractivity contribution is -0.0238. The first-order chi connectivity index (χ1) is 11.7. The van der Waals surface area contributed by atoms with Gasteiger partial charge in [0.2, 0.25) is 0 Å². The number of methoxy groups -OCH3 is 2. The number of hydrogen-bond donors (Lipinski definition) is 1. The Kier molecular flexibility index (Phi) is 4.60. The van der Waals surface area contributed by atoms with Crippen LogP contribution >= 0.6 is 0 Å². The van der Waals surface area contributed by atoms with E-state index in [4.69, 9.17) is 9.47 Å². The summed E-state index contributed by atoms with van der Waals surface area (Å²) in [5.41, 5.74) is 3.53. The Morgan fingerprint density at radius 1 is 1.16 bits per heavy atom. The molecule has 3 atom stereocenters. The zero-order chi connectivity index (χ0) is 18.6. The summed E-state index contributed by atoms with van der Waals surface area (Å²) in [5.74, 6) is 1.77. The Morgan fingerprint density at radius 3 is 2.40 bits per heavy atom. The van der Waals surface area contributed by atoms with Crippen molar-refractivity contribution in [2.24, 2.45) is 11.3 Å². The summed E-state index contributed by atoms with van der Waals surface area (Å²) in [4.78, 5) is 0. The molecule has 0 bridgehead atoms. The molecule has 140 valence electrons. The van der Waals surface area contributed by atoms with Gasteiger partial charge in [-0.15, -0.1) is 0 Å². The van der Waals surface area contributed by atoms with E-state index in [-0.39, 0.29) is 22.9 Å². The third kappa shape index (κ3) is 2.66. The van der Waals surface area contributed by atoms with Crippen molar-refractivity contribution in [3.63, 3.8) is 0 Å². The molecular weight excluding hydrogens is 312 g/mol. The van der Waals surface area contributed by atoms with Crippen LogP contribution in [0.4, 0.5) is 0 Å². The lowest BCUT2D eigenvalue weighted by Crippen LogP contribution is -2.49. The minimum absolute atomic E-state index is 0.0288. The second-order valence-electron chi connectivity index (χ2n) is 9.24. The number of aromatic hydroxyl groups is 1. The predicted molar refractivity (Wildman–Crippen MR) is 102 cm³/mol. The molecule has 0 amide bonds. The molecule has 0 aromatic heterocycles. The highest BCUT2D eigenvalue weighted by atomic mass is 16.5. The van der Waals surface area contributed by atoms with Gasteiger partial charge >= 0.3 is 0 Å². The third-order valence-electron chi connectivity index (χ3n) is 7.02. The smallest absolute Gasteiger partial charge is 0.164 e. The maximum atomic E-state index is 11.3. The van der Waals surface area contributed by atoms with Gasteiger partial charge in [-0.2, -0.15) is 0 Å². The average molecular weight is 347 g/mol. The van der Waals surface area contributed by atoms with Crippen LogP contribution in [-0.4, -0.2) is 19.3 Å². The predicted octanol–water partition coefficient (Wildman–Crippen LogP) is 5.70. The molecule has 3 rings (SSSR count). The summed E-state index contributed by atoms with van der Waals surface area (Å²) in [6.45, 7) is 11.4. The van der Waals surface area contributed by atoms with Crippen molar-refractivity contribution >= 4 is 0 Å². The first-order valence-corrected chi connectivity index (χ1v) is 9.64. The Morgan fingerprint density at radius 2 is 1.84 bits per heavy atom. The number of rotatable bonds is 3. The summed E-state index contributed by atoms with van der Waals surface area (Å²) >= 11 is 0. The van der Waals surface area contributed by atoms with Gasteiger partial charge in [0.1, 0.15) is 0 Å². The largest absolute Gasteiger partial charge is 0.504 e. The first kappa shape index (κ1) is 18.6. The Bertz CT molecular complexity index is 662. The topological polar surface area (TPSA) is 38.7 Å². The molecule has 0 unspecified atom stereocenters. The Labute approximate surface area is 152 Å². The summed E-state index contributed by atoms with van der Waals surface area (Å²) in [5, 5.41) is 11.3. The number of phenolic OH excluding ortho intramolecular Hbond substituents is 1. The summed E-state index contributed by atoms with van der Waals surface area (Å²) in [6.07, 6.45) is 4.62. The maximum Gasteiger partial charge on any atom is 0.164 e. The monoisotopic (exact) mass is 346 g/mol. The zero-order valence-electron chi connectivity index (χ0n) is 16.9. The lowest BCUT2D eigenvalue weighted by atomic mass is 9.49. The van der Waals surface area contributed by atoms with Crippen molar-refractivity contribution in [3.05, 3.63) is 22.8 Å². The number of benzene rings is 1. The van der Waals surface area contributed by atoms with Gasteiger partial charge in [0.05, 0.1) is 13.2 Å². The fraction of sp³-hybridized carbons (Fsp3) is 0.727. The molecule has 3 heteroatoms. The molecule has 1 N–H and O–H groups in total. The van der Waals surface area contributed by atoms with Gasteiger partial charge in [0, 0.05) is 23.7 Å². The number of phenols is 1. The van der Waals surface area contributed by atoms with Crippen molar-refractivity contribution in [2.45, 2.75) is 77.7 Å². The van der Waals surface area contributed by atoms with E-state index in [1.54, 1.807) is 14.2 Å². The van der Waals surface area contributed by atoms with Crippen LogP contribution in [0.3, 0.4) is 0 Å². The fourth-order valence-corrected chi connectivity index (χ4v) is 5.75. The maximum absolute atomic E-state index is 11.3. The van der Waals surface area contributed by atoms with E-state index >= 15 is 0 Å². The molecule has 1 aromatic rings. The molecule has 0 aliphatic heterocycles. The van der Waals surface area contributed by atoms with Gasteiger partial charge in [0.25, 0.3) is 0 Å². The van der Waals surface area contributed by atoms with Crippen molar-refractivity contribution in [2.75, 3.05) is 14.2 Å². The summed E-state index contributed by atoms with van der Waals surface area (Å²) in [6, 6.07) is 2.23. The molecule has 2 aliphatic carbocycles. The van der Waals surface area contributed by atoms with Gasteiger partial charge < -0.3 is 14.6 Å². The van der Waals surface area contributed by atoms with Gasteiger partial charge in [0.15, 0.2) is 11.5 Å². The highest BCUT2D eigenvalue weighted by molar-refractivity contribution is 5.60. The molecule has 0 heterocycles. The van der Waals surface area contributed by atoms with Crippen LogP contribution in [0.25, 0.3) is 0 Å². The van der Waals surface area contributed by atoms with Gasteiger partial charge in [-0.05, 0) is 48.1 Å². The van der Waals surface area contributed by atoms with Crippen LogP contribution in [0.15, 0.2) is 6.07 Å². The number of fused-ring (bicyclic) bond motifs is 3. The first-order valence-electron chi connectivity index (χ1n) is 9.64. The Hall–Kier alpha value is -1.22. The molecule has 0 saturated heterocycles. The van der Waals surface area contributed by atoms with Crippen molar-refractivity contribution in [3.8, 4) is 11.5 Å². The van der Waals surface area contributed by atoms with Crippen molar-refractivity contribution < 1.29 is 14.6 Å². The van der Waals surface area contributed by atoms with Crippen LogP contribution in [-0.2, 0) is 10.2 Å². The molecule has 25 heavy (non-hydrogen) atoms. The van der Waals surface area contributed by atoms with E-state index in [1.807, 2.05) is 0 Å². The van der Waals surface area contributed by atoms with Gasteiger partial charge in [-0.3, -0.25) is 0 Å². The quantitative estimate of drug-likeness (QED) is 0.763. The molecule has 0 radical (unpaired) electrons. The van der Waals surface area contributed by atoms with Crippen LogP contribution in [0.2, 0.25) is 0 Å². The molecule has 0 spiro atoms. The Balaban J connectivity index is 2.30. The summed E-state index contributed by atoms with van der Waals surface area (Å²) < 4.78 is 11.6. The van der Waals surface area contributed by atoms with E-state index < -0.39 is 0 Å². The van der Waals surface area contributed by atoms with Crippen molar-refractivity contribution in [1.82, 2.24) is 0 Å². The molecule has 1 saturated carbocycles. The van der Waals surface area contributed by atoms with Crippen LogP contribution < -0.4 is 4.74 Å². The average Bonchev–Trinajstić information content (AvgIpc) is 2.53. The van der Waals surface area contributed by atoms with Crippen LogP contribution in [0.1, 0.15) is 89.0 Å². The highest BCUT2D eigenvalue weighted by Gasteiger charge is 2.53. The van der Waals surface area contributed by atoms with E-state index in [2.05, 4.69) is 40.7 Å². The van der Waals surface area contributed by atoms with E-state index in [0.717, 1.165) is 24.0 Å². The van der Waals surface area contributed by atoms with Gasteiger partial charge in [-0.25, -0.2) is 0 Å². The van der Waals surface area contributed by atoms with Crippen LogP contribution in [0.5, 0.6) is 11.5 Å². The van der Waals surface area contributed by atoms with E-state index in [1.165, 1.54) is 18.4 Å². The molecular formula is C22H34O3. The van der Waals surface area contributed by atoms with E-state index in [0.29, 0.717) is 17.4 Å². The number of ether oxygens (including phenoxy) is 2. The molecule has 2 aliphatic rings. The minimum atomic E-state index is -0.0288. The normalized spacial score (nSPS) is 30.7. The molecule has 3 nitrogen and oxygen atoms in total. The van der Waals surface area contributed by atoms with Crippen LogP contribution in [0, 0.1) is 11.3 Å². The van der Waals surface area contributed by atoms with Gasteiger partial charge in [-0.1, -0.05) is 41.0 Å². The second-order valence-corrected chi connectivity index (χ2v) is 9.24. The van der Waals surface area contributed by atoms with Crippen molar-refractivity contribution in [1.29, 1.82) is 0 Å². The molecule has 1 fully saturated rings. The standard InChI is InChI=1S/C22H34O3/c1-13(2)14-11-15-16(24-6)12-17-21(3,4)9-8-10-22(17,5)18(15)19(23)20(14)25-7/h11,13,16-17,23H,8-10,12H2,1-7H3/t16-,17+,22+/m1/s1. The SMILES string of the molecule is COc1c(C(C)C)cc2c(c1O)[C@@]1(C)CCCC(C)(C)[C@@H]1C[C@H]2OC. The highest BCUT2D eigenvalue weighted by Crippen LogP contribution is 2.62. The fourth-order valence-electron chi connectivity index (χ4n) is 5.75. The number of hydrogen-bond acceptors (Lipinski definition) is 3. The third-order valence-corrected chi connectivity index (χ3v) is 7.02. The second kappa shape index (κ2) is 6.19. The van der Waals surface area contributed by atoms with E-state index in [9.17, 15) is 5.11 Å². The zero-order valence-corrected chi connectivity index (χ0v) is 16.9.